The maximum absolute atomic E-state index is 13.5. The van der Waals surface area contributed by atoms with E-state index < -0.39 is 29.9 Å². The summed E-state index contributed by atoms with van der Waals surface area (Å²) in [6, 6.07) is 34.0. The van der Waals surface area contributed by atoms with Gasteiger partial charge in [0.25, 0.3) is 11.8 Å². The quantitative estimate of drug-likeness (QED) is 0.210. The molecule has 0 spiro atoms. The van der Waals surface area contributed by atoms with Gasteiger partial charge >= 0.3 is 0 Å². The first kappa shape index (κ1) is 32.4. The van der Waals surface area contributed by atoms with Crippen molar-refractivity contribution in [1.82, 2.24) is 10.6 Å². The van der Waals surface area contributed by atoms with E-state index in [1.54, 1.807) is 24.3 Å². The summed E-state index contributed by atoms with van der Waals surface area (Å²) in [6.45, 7) is 6.40. The normalized spacial score (nSPS) is 22.7. The van der Waals surface area contributed by atoms with Gasteiger partial charge in [-0.1, -0.05) is 84.4 Å². The molecule has 2 heterocycles. The second-order valence-electron chi connectivity index (χ2n) is 12.4. The Hall–Kier alpha value is -4.54. The summed E-state index contributed by atoms with van der Waals surface area (Å²) in [5.74, 6) is -0.957. The van der Waals surface area contributed by atoms with Crippen molar-refractivity contribution in [3.8, 4) is 5.75 Å². The molecule has 4 aromatic rings. The number of hydrogen-bond donors (Lipinski definition) is 2. The van der Waals surface area contributed by atoms with Crippen molar-refractivity contribution in [2.75, 3.05) is 13.1 Å². The topological polar surface area (TPSA) is 104 Å². The number of rotatable bonds is 12. The Balaban J connectivity index is 1.19. The van der Waals surface area contributed by atoms with Crippen molar-refractivity contribution in [2.24, 2.45) is 0 Å². The lowest BCUT2D eigenvalue weighted by molar-refractivity contribution is -0.260. The molecule has 2 saturated heterocycles. The summed E-state index contributed by atoms with van der Waals surface area (Å²) in [4.78, 5) is 26.6. The molecule has 4 atom stereocenters. The number of carbonyl (C=O) groups excluding carboxylic acids is 2. The summed E-state index contributed by atoms with van der Waals surface area (Å²) in [7, 11) is 0. The van der Waals surface area contributed by atoms with Gasteiger partial charge in [0.15, 0.2) is 17.7 Å². The molecule has 0 aromatic heterocycles. The van der Waals surface area contributed by atoms with Crippen molar-refractivity contribution in [3.05, 3.63) is 137 Å². The minimum absolute atomic E-state index is 0.0385. The lowest BCUT2D eigenvalue weighted by atomic mass is 9.94. The molecule has 47 heavy (non-hydrogen) atoms. The molecule has 0 saturated carbocycles. The number of hydrogen-bond acceptors (Lipinski definition) is 7. The lowest BCUT2D eigenvalue weighted by Gasteiger charge is -2.33. The Kier molecular flexibility index (Phi) is 9.70. The summed E-state index contributed by atoms with van der Waals surface area (Å²) in [6.07, 6.45) is -2.17. The molecular formula is C38H40N2O7. The smallest absolute Gasteiger partial charge is 0.251 e. The zero-order chi connectivity index (χ0) is 32.9. The van der Waals surface area contributed by atoms with E-state index in [-0.39, 0.29) is 31.5 Å². The summed E-state index contributed by atoms with van der Waals surface area (Å²) >= 11 is 0. The number of benzene rings is 4. The second-order valence-corrected chi connectivity index (χ2v) is 12.4. The second kappa shape index (κ2) is 14.1. The first-order valence-electron chi connectivity index (χ1n) is 15.8. The molecule has 2 aliphatic heterocycles. The Bertz CT molecular complexity index is 1680. The molecule has 0 unspecified atom stereocenters. The average Bonchev–Trinajstić information content (AvgIpc) is 3.52. The first-order valence-corrected chi connectivity index (χ1v) is 15.8. The van der Waals surface area contributed by atoms with Crippen molar-refractivity contribution in [1.29, 1.82) is 0 Å². The van der Waals surface area contributed by atoms with Crippen molar-refractivity contribution < 1.29 is 33.3 Å². The van der Waals surface area contributed by atoms with E-state index in [9.17, 15) is 9.59 Å². The molecule has 9 nitrogen and oxygen atoms in total. The van der Waals surface area contributed by atoms with Gasteiger partial charge in [0, 0.05) is 17.7 Å². The van der Waals surface area contributed by atoms with Crippen molar-refractivity contribution in [3.63, 3.8) is 0 Å². The molecule has 0 radical (unpaired) electrons. The van der Waals surface area contributed by atoms with Crippen LogP contribution in [0.15, 0.2) is 109 Å². The number of ether oxygens (including phenoxy) is 5. The minimum Gasteiger partial charge on any atom is -0.489 e. The summed E-state index contributed by atoms with van der Waals surface area (Å²) < 4.78 is 31.7. The SMILES string of the molecule is Cc1cccc(C(=O)NC[C@H]2O[C@@H](OCc3ccccc3)[C@]3(CNC(=O)c4cccc(OCc5ccccc5)c4)OC(C)(C)O[C@H]23)c1. The van der Waals surface area contributed by atoms with Crippen molar-refractivity contribution >= 4 is 11.8 Å². The van der Waals surface area contributed by atoms with Gasteiger partial charge in [0.05, 0.1) is 13.2 Å². The zero-order valence-corrected chi connectivity index (χ0v) is 26.8. The number of aryl methyl sites for hydroxylation is 1. The van der Waals surface area contributed by atoms with Crippen LogP contribution in [0.3, 0.4) is 0 Å². The van der Waals surface area contributed by atoms with Crippen LogP contribution in [0.25, 0.3) is 0 Å². The predicted octanol–water partition coefficient (Wildman–Crippen LogP) is 5.57. The maximum Gasteiger partial charge on any atom is 0.251 e. The monoisotopic (exact) mass is 636 g/mol. The van der Waals surface area contributed by atoms with Gasteiger partial charge in [0.1, 0.15) is 24.6 Å². The van der Waals surface area contributed by atoms with Crippen LogP contribution in [-0.2, 0) is 32.2 Å². The van der Waals surface area contributed by atoms with E-state index >= 15 is 0 Å². The van der Waals surface area contributed by atoms with E-state index in [0.717, 1.165) is 16.7 Å². The fraction of sp³-hybridized carbons (Fsp3) is 0.316. The highest BCUT2D eigenvalue weighted by molar-refractivity contribution is 5.95. The third kappa shape index (κ3) is 7.72. The number of carbonyl (C=O) groups is 2. The van der Waals surface area contributed by atoms with Gasteiger partial charge in [-0.2, -0.15) is 0 Å². The van der Waals surface area contributed by atoms with Gasteiger partial charge in [-0.05, 0) is 62.2 Å². The molecule has 4 aromatic carbocycles. The summed E-state index contributed by atoms with van der Waals surface area (Å²) in [5, 5.41) is 6.02. The van der Waals surface area contributed by atoms with E-state index in [2.05, 4.69) is 10.6 Å². The number of fused-ring (bicyclic) bond motifs is 1. The molecule has 2 aliphatic rings. The highest BCUT2D eigenvalue weighted by Crippen LogP contribution is 2.47. The molecule has 244 valence electrons. The van der Waals surface area contributed by atoms with E-state index in [4.69, 9.17) is 23.7 Å². The van der Waals surface area contributed by atoms with Crippen LogP contribution >= 0.6 is 0 Å². The largest absolute Gasteiger partial charge is 0.489 e. The molecule has 9 heteroatoms. The number of nitrogens with one attached hydrogen (secondary N) is 2. The van der Waals surface area contributed by atoms with Gasteiger partial charge < -0.3 is 34.3 Å². The fourth-order valence-corrected chi connectivity index (χ4v) is 6.04. The van der Waals surface area contributed by atoms with Crippen LogP contribution in [0.2, 0.25) is 0 Å². The Morgan fingerprint density at radius 2 is 1.40 bits per heavy atom. The molecular weight excluding hydrogens is 596 g/mol. The zero-order valence-electron chi connectivity index (χ0n) is 26.8. The van der Waals surface area contributed by atoms with Crippen LogP contribution in [0, 0.1) is 6.92 Å². The van der Waals surface area contributed by atoms with Crippen LogP contribution in [-0.4, -0.2) is 54.8 Å². The molecule has 2 fully saturated rings. The van der Waals surface area contributed by atoms with Crippen LogP contribution in [0.5, 0.6) is 5.75 Å². The van der Waals surface area contributed by atoms with E-state index in [1.165, 1.54) is 0 Å². The van der Waals surface area contributed by atoms with E-state index in [1.807, 2.05) is 106 Å². The highest BCUT2D eigenvalue weighted by atomic mass is 16.8. The highest BCUT2D eigenvalue weighted by Gasteiger charge is 2.66. The summed E-state index contributed by atoms with van der Waals surface area (Å²) in [5.41, 5.74) is 2.76. The minimum atomic E-state index is -1.20. The Morgan fingerprint density at radius 3 is 2.11 bits per heavy atom. The van der Waals surface area contributed by atoms with E-state index in [0.29, 0.717) is 23.5 Å². The molecule has 0 aliphatic carbocycles. The van der Waals surface area contributed by atoms with Gasteiger partial charge in [-0.3, -0.25) is 9.59 Å². The molecule has 6 rings (SSSR count). The Morgan fingerprint density at radius 1 is 0.766 bits per heavy atom. The standard InChI is InChI=1S/C38H40N2O7/c1-26-12-10-17-29(20-26)34(41)39-22-32-33-38(47-37(2,3)46-33,36(45-32)44-24-28-15-8-5-9-16-28)25-40-35(42)30-18-11-19-31(21-30)43-23-27-13-6-4-7-14-27/h4-21,32-33,36H,22-25H2,1-3H3,(H,39,41)(H,40,42)/t32-,33-,36-,38-/m1/s1. The third-order valence-electron chi connectivity index (χ3n) is 8.22. The van der Waals surface area contributed by atoms with Gasteiger partial charge in [0.2, 0.25) is 0 Å². The third-order valence-corrected chi connectivity index (χ3v) is 8.22. The molecule has 2 amide bonds. The van der Waals surface area contributed by atoms with Gasteiger partial charge in [-0.15, -0.1) is 0 Å². The lowest BCUT2D eigenvalue weighted by Crippen LogP contribution is -2.56. The van der Waals surface area contributed by atoms with Crippen LogP contribution in [0.1, 0.15) is 51.3 Å². The van der Waals surface area contributed by atoms with Gasteiger partial charge in [-0.25, -0.2) is 0 Å². The van der Waals surface area contributed by atoms with Crippen LogP contribution < -0.4 is 15.4 Å². The fourth-order valence-electron chi connectivity index (χ4n) is 6.04. The molecule has 0 bridgehead atoms. The average molecular weight is 637 g/mol. The van der Waals surface area contributed by atoms with Crippen molar-refractivity contribution in [2.45, 2.75) is 63.9 Å². The maximum atomic E-state index is 13.5. The predicted molar refractivity (Wildman–Crippen MR) is 176 cm³/mol. The van der Waals surface area contributed by atoms with Crippen LogP contribution in [0.4, 0.5) is 0 Å². The number of amides is 2. The molecule has 2 N–H and O–H groups in total. The first-order chi connectivity index (χ1) is 22.7. The Labute approximate surface area is 275 Å².